The van der Waals surface area contributed by atoms with Crippen LogP contribution >= 0.6 is 0 Å². The topological polar surface area (TPSA) is 74.6 Å². The van der Waals surface area contributed by atoms with E-state index in [1.54, 1.807) is 19.1 Å². The van der Waals surface area contributed by atoms with Gasteiger partial charge in [0.25, 0.3) is 0 Å². The molecule has 11 heteroatoms. The molecule has 3 atom stereocenters. The third-order valence-electron chi connectivity index (χ3n) is 9.04. The van der Waals surface area contributed by atoms with Gasteiger partial charge in [0.15, 0.2) is 17.5 Å². The van der Waals surface area contributed by atoms with Crippen LogP contribution in [0.25, 0.3) is 32.9 Å². The number of anilines is 1. The fourth-order valence-electron chi connectivity index (χ4n) is 7.07. The summed E-state index contributed by atoms with van der Waals surface area (Å²) in [6, 6.07) is 7.13. The minimum absolute atomic E-state index is 0.0718. The lowest BCUT2D eigenvalue weighted by Gasteiger charge is -2.38. The Hall–Kier alpha value is -3.57. The normalized spacial score (nSPS) is 26.3. The number of hydrogen-bond acceptors (Lipinski definition) is 7. The molecule has 4 aromatic rings. The number of β-amino-alcohol motifs (C(OH)–C–C–N with tert-alkyl or cyclic N) is 1. The maximum Gasteiger partial charge on any atom is 0.319 e. The van der Waals surface area contributed by atoms with Crippen molar-refractivity contribution in [3.8, 4) is 17.3 Å². The van der Waals surface area contributed by atoms with Gasteiger partial charge in [0.2, 0.25) is 0 Å². The highest BCUT2D eigenvalue weighted by Crippen LogP contribution is 2.41. The first kappa shape index (κ1) is 27.3. The first-order chi connectivity index (χ1) is 20.1. The molecule has 42 heavy (non-hydrogen) atoms. The highest BCUT2D eigenvalue weighted by atomic mass is 19.2. The minimum atomic E-state index is -1.09. The van der Waals surface area contributed by atoms with Crippen molar-refractivity contribution < 1.29 is 27.4 Å². The molecule has 1 N–H and O–H groups in total. The second-order valence-corrected chi connectivity index (χ2v) is 12.2. The second-order valence-electron chi connectivity index (χ2n) is 12.2. The van der Waals surface area contributed by atoms with E-state index < -0.39 is 34.8 Å². The highest BCUT2D eigenvalue weighted by molar-refractivity contribution is 5.99. The van der Waals surface area contributed by atoms with Crippen LogP contribution in [0.1, 0.15) is 39.0 Å². The van der Waals surface area contributed by atoms with Gasteiger partial charge in [0.05, 0.1) is 16.5 Å². The number of benzene rings is 2. The number of fused-ring (bicyclic) bond motifs is 3. The zero-order chi connectivity index (χ0) is 29.2. The van der Waals surface area contributed by atoms with Crippen LogP contribution in [0.5, 0.6) is 6.01 Å². The lowest BCUT2D eigenvalue weighted by molar-refractivity contribution is 0.0447. The number of hydrogen-bond donors (Lipinski definition) is 1. The molecule has 0 bridgehead atoms. The first-order valence-corrected chi connectivity index (χ1v) is 14.4. The van der Waals surface area contributed by atoms with Gasteiger partial charge in [-0.15, -0.1) is 0 Å². The number of alkyl halides is 1. The molecule has 220 valence electrons. The van der Waals surface area contributed by atoms with Crippen molar-refractivity contribution in [2.45, 2.75) is 56.3 Å². The first-order valence-electron chi connectivity index (χ1n) is 14.4. The van der Waals surface area contributed by atoms with Gasteiger partial charge in [-0.3, -0.25) is 9.88 Å². The van der Waals surface area contributed by atoms with Gasteiger partial charge in [-0.1, -0.05) is 24.3 Å². The van der Waals surface area contributed by atoms with Crippen LogP contribution in [0.4, 0.5) is 23.4 Å². The Morgan fingerprint density at radius 3 is 2.71 bits per heavy atom. The van der Waals surface area contributed by atoms with E-state index in [2.05, 4.69) is 19.9 Å². The summed E-state index contributed by atoms with van der Waals surface area (Å²) < 4.78 is 66.1. The molecule has 3 fully saturated rings. The third kappa shape index (κ3) is 4.53. The van der Waals surface area contributed by atoms with Crippen molar-refractivity contribution >= 4 is 27.5 Å². The van der Waals surface area contributed by atoms with E-state index in [9.17, 15) is 18.3 Å². The number of ether oxygens (including phenoxy) is 1. The van der Waals surface area contributed by atoms with Gasteiger partial charge in [0, 0.05) is 43.2 Å². The van der Waals surface area contributed by atoms with Crippen molar-refractivity contribution in [3.05, 3.63) is 54.0 Å². The fourth-order valence-corrected chi connectivity index (χ4v) is 7.07. The number of aromatic nitrogens is 3. The lowest BCUT2D eigenvalue weighted by atomic mass is 9.95. The Morgan fingerprint density at radius 1 is 1.05 bits per heavy atom. The molecule has 0 saturated carbocycles. The lowest BCUT2D eigenvalue weighted by Crippen LogP contribution is -2.46. The molecular formula is C31H31F4N5O2. The van der Waals surface area contributed by atoms with Gasteiger partial charge >= 0.3 is 6.01 Å². The number of nitrogens with zero attached hydrogens (tertiary/aromatic N) is 5. The molecule has 3 aliphatic heterocycles. The van der Waals surface area contributed by atoms with E-state index in [0.29, 0.717) is 48.9 Å². The molecule has 3 saturated heterocycles. The average molecular weight is 582 g/mol. The highest BCUT2D eigenvalue weighted by Gasteiger charge is 2.49. The standard InChI is InChI=1S/C31H31F4N5O2/c1-30(41)9-3-11-39(16-30)28-21-14-36-26(20-6-2-5-18-7-8-22(33)24(34)23(18)20)25(35)27(21)37-29(38-28)42-17-31-10-4-12-40(31)15-19(32)13-31/h2,5-8,14,19,41H,3-4,9-13,15-17H2,1H3/t19-,30-,31+/m1/s1. The maximum absolute atomic E-state index is 16.5. The van der Waals surface area contributed by atoms with E-state index in [0.717, 1.165) is 25.5 Å². The Labute approximate surface area is 240 Å². The second kappa shape index (κ2) is 10.0. The zero-order valence-corrected chi connectivity index (χ0v) is 23.2. The van der Waals surface area contributed by atoms with Crippen molar-refractivity contribution in [1.29, 1.82) is 0 Å². The number of aliphatic hydroxyl groups is 1. The summed E-state index contributed by atoms with van der Waals surface area (Å²) in [5.41, 5.74) is -1.62. The molecule has 0 amide bonds. The Kier molecular flexibility index (Phi) is 6.50. The monoisotopic (exact) mass is 581 g/mol. The fraction of sp³-hybridized carbons (Fsp3) is 0.452. The summed E-state index contributed by atoms with van der Waals surface area (Å²) in [5, 5.41) is 11.4. The van der Waals surface area contributed by atoms with Crippen LogP contribution in [0.15, 0.2) is 36.5 Å². The Morgan fingerprint density at radius 2 is 1.88 bits per heavy atom. The minimum Gasteiger partial charge on any atom is -0.461 e. The molecule has 0 radical (unpaired) electrons. The number of pyridine rings is 1. The number of piperidine rings is 1. The van der Waals surface area contributed by atoms with E-state index in [1.165, 1.54) is 18.3 Å². The van der Waals surface area contributed by atoms with E-state index in [-0.39, 0.29) is 41.3 Å². The summed E-state index contributed by atoms with van der Waals surface area (Å²) in [6.07, 6.45) is 3.87. The van der Waals surface area contributed by atoms with E-state index >= 15 is 4.39 Å². The maximum atomic E-state index is 16.5. The summed E-state index contributed by atoms with van der Waals surface area (Å²) in [4.78, 5) is 17.4. The van der Waals surface area contributed by atoms with Gasteiger partial charge in [-0.2, -0.15) is 9.97 Å². The molecule has 0 spiro atoms. The average Bonchev–Trinajstić information content (AvgIpc) is 3.49. The van der Waals surface area contributed by atoms with Gasteiger partial charge < -0.3 is 14.7 Å². The van der Waals surface area contributed by atoms with Crippen LogP contribution in [0, 0.1) is 17.5 Å². The summed E-state index contributed by atoms with van der Waals surface area (Å²) >= 11 is 0. The Balaban J connectivity index is 1.36. The van der Waals surface area contributed by atoms with Crippen molar-refractivity contribution in [3.63, 3.8) is 0 Å². The quantitative estimate of drug-likeness (QED) is 0.309. The smallest absolute Gasteiger partial charge is 0.319 e. The number of halogens is 4. The SMILES string of the molecule is C[C@@]1(O)CCCN(c2nc(OC[C@@]34CCCN3C[C@H](F)C4)nc3c(F)c(-c4cccc5ccc(F)c(F)c45)ncc23)C1. The predicted octanol–water partition coefficient (Wildman–Crippen LogP) is 5.57. The van der Waals surface area contributed by atoms with Crippen LogP contribution in [-0.2, 0) is 0 Å². The molecule has 7 nitrogen and oxygen atoms in total. The third-order valence-corrected chi connectivity index (χ3v) is 9.04. The van der Waals surface area contributed by atoms with Crippen molar-refractivity contribution in [2.24, 2.45) is 0 Å². The molecule has 7 rings (SSSR count). The van der Waals surface area contributed by atoms with Crippen molar-refractivity contribution in [2.75, 3.05) is 37.7 Å². The molecule has 0 unspecified atom stereocenters. The largest absolute Gasteiger partial charge is 0.461 e. The summed E-state index contributed by atoms with van der Waals surface area (Å²) in [5.74, 6) is -2.60. The Bertz CT molecular complexity index is 1700. The molecule has 5 heterocycles. The van der Waals surface area contributed by atoms with E-state index in [4.69, 9.17) is 4.74 Å². The van der Waals surface area contributed by atoms with Crippen LogP contribution in [0.2, 0.25) is 0 Å². The van der Waals surface area contributed by atoms with Crippen LogP contribution in [-0.4, -0.2) is 75.1 Å². The van der Waals surface area contributed by atoms with Crippen LogP contribution in [0.3, 0.4) is 0 Å². The van der Waals surface area contributed by atoms with Crippen LogP contribution < -0.4 is 9.64 Å². The molecule has 0 aliphatic carbocycles. The predicted molar refractivity (Wildman–Crippen MR) is 151 cm³/mol. The van der Waals surface area contributed by atoms with E-state index in [1.807, 2.05) is 4.90 Å². The molecule has 3 aliphatic rings. The molecular weight excluding hydrogens is 550 g/mol. The molecule has 2 aromatic carbocycles. The van der Waals surface area contributed by atoms with Gasteiger partial charge in [-0.25, -0.2) is 17.6 Å². The van der Waals surface area contributed by atoms with Gasteiger partial charge in [0.1, 0.15) is 29.8 Å². The van der Waals surface area contributed by atoms with Gasteiger partial charge in [-0.05, 0) is 50.6 Å². The summed E-state index contributed by atoms with van der Waals surface area (Å²) in [7, 11) is 0. The zero-order valence-electron chi connectivity index (χ0n) is 23.2. The summed E-state index contributed by atoms with van der Waals surface area (Å²) in [6.45, 7) is 3.89. The molecule has 2 aromatic heterocycles. The van der Waals surface area contributed by atoms with Crippen molar-refractivity contribution in [1.82, 2.24) is 19.9 Å². The number of rotatable bonds is 5.